The highest BCUT2D eigenvalue weighted by molar-refractivity contribution is 4.62. The van der Waals surface area contributed by atoms with Crippen molar-refractivity contribution in [1.29, 1.82) is 0 Å². The summed E-state index contributed by atoms with van der Waals surface area (Å²) in [5.74, 6) is 0. The van der Waals surface area contributed by atoms with Gasteiger partial charge in [0.1, 0.15) is 0 Å². The Labute approximate surface area is 58.8 Å². The molecule has 2 N–H and O–H groups in total. The zero-order valence-corrected chi connectivity index (χ0v) is 5.73. The molecule has 0 amide bonds. The summed E-state index contributed by atoms with van der Waals surface area (Å²) in [4.78, 5) is 8.82. The molecule has 0 heterocycles. The molecule has 60 valence electrons. The van der Waals surface area contributed by atoms with Gasteiger partial charge in [-0.25, -0.2) is 0 Å². The first-order valence-corrected chi connectivity index (χ1v) is 2.67. The summed E-state index contributed by atoms with van der Waals surface area (Å²) in [6, 6.07) is 0. The molecule has 0 aliphatic heterocycles. The standard InChI is InChI=1S/C3H5NO2.C2H6O2/c1-2-3-4(5)6;3-1-2-4/h2-3H,1H3;3-4H,1-2H2/b3-2+;. The van der Waals surface area contributed by atoms with E-state index >= 15 is 0 Å². The second-order valence-corrected chi connectivity index (χ2v) is 1.21. The lowest BCUT2D eigenvalue weighted by atomic mass is 10.7. The number of hydrogen-bond acceptors (Lipinski definition) is 4. The molecule has 5 heteroatoms. The number of hydrogen-bond donors (Lipinski definition) is 2. The van der Waals surface area contributed by atoms with Gasteiger partial charge in [0, 0.05) is 0 Å². The predicted molar refractivity (Wildman–Crippen MR) is 36.0 cm³/mol. The van der Waals surface area contributed by atoms with Crippen LogP contribution >= 0.6 is 0 Å². The van der Waals surface area contributed by atoms with Gasteiger partial charge in [0.15, 0.2) is 0 Å². The fourth-order valence-corrected chi connectivity index (χ4v) is 0.122. The van der Waals surface area contributed by atoms with Crippen molar-refractivity contribution in [2.45, 2.75) is 6.92 Å². The largest absolute Gasteiger partial charge is 0.394 e. The SMILES string of the molecule is C/C=C/[N+](=O)[O-].OCCO. The summed E-state index contributed by atoms with van der Waals surface area (Å²) >= 11 is 0. The molecule has 0 aromatic heterocycles. The lowest BCUT2D eigenvalue weighted by Crippen LogP contribution is -1.85. The van der Waals surface area contributed by atoms with Crippen LogP contribution in [0.25, 0.3) is 0 Å². The van der Waals surface area contributed by atoms with E-state index in [0.717, 1.165) is 6.20 Å². The van der Waals surface area contributed by atoms with Crippen LogP contribution in [0, 0.1) is 10.1 Å². The third-order valence-corrected chi connectivity index (χ3v) is 0.371. The van der Waals surface area contributed by atoms with Crippen molar-refractivity contribution in [3.05, 3.63) is 22.4 Å². The monoisotopic (exact) mass is 149 g/mol. The maximum Gasteiger partial charge on any atom is 0.230 e. The first-order chi connectivity index (χ1) is 4.68. The first-order valence-electron chi connectivity index (χ1n) is 2.67. The van der Waals surface area contributed by atoms with Crippen molar-refractivity contribution >= 4 is 0 Å². The van der Waals surface area contributed by atoms with Crippen LogP contribution in [0.3, 0.4) is 0 Å². The first kappa shape index (κ1) is 11.8. The van der Waals surface area contributed by atoms with Gasteiger partial charge < -0.3 is 10.2 Å². The number of nitro groups is 1. The van der Waals surface area contributed by atoms with Crippen LogP contribution < -0.4 is 0 Å². The van der Waals surface area contributed by atoms with Gasteiger partial charge in [0.25, 0.3) is 0 Å². The molecule has 0 fully saturated rings. The average Bonchev–Trinajstić information content (AvgIpc) is 1.89. The fraction of sp³-hybridized carbons (Fsp3) is 0.600. The number of nitrogens with zero attached hydrogens (tertiary/aromatic N) is 1. The molecule has 0 saturated heterocycles. The lowest BCUT2D eigenvalue weighted by Gasteiger charge is -1.70. The van der Waals surface area contributed by atoms with E-state index in [2.05, 4.69) is 0 Å². The molecule has 0 aliphatic rings. The second kappa shape index (κ2) is 10.9. The third-order valence-electron chi connectivity index (χ3n) is 0.371. The van der Waals surface area contributed by atoms with E-state index in [-0.39, 0.29) is 13.2 Å². The van der Waals surface area contributed by atoms with Gasteiger partial charge in [-0.15, -0.1) is 0 Å². The van der Waals surface area contributed by atoms with E-state index in [0.29, 0.717) is 0 Å². The van der Waals surface area contributed by atoms with Gasteiger partial charge in [0.2, 0.25) is 6.20 Å². The maximum absolute atomic E-state index is 9.32. The van der Waals surface area contributed by atoms with Gasteiger partial charge >= 0.3 is 0 Å². The van der Waals surface area contributed by atoms with Crippen LogP contribution in [-0.2, 0) is 0 Å². The molecular weight excluding hydrogens is 138 g/mol. The Balaban J connectivity index is 0. The van der Waals surface area contributed by atoms with E-state index in [4.69, 9.17) is 10.2 Å². The minimum Gasteiger partial charge on any atom is -0.394 e. The van der Waals surface area contributed by atoms with Crippen LogP contribution in [0.15, 0.2) is 12.3 Å². The van der Waals surface area contributed by atoms with Crippen molar-refractivity contribution in [3.63, 3.8) is 0 Å². The highest BCUT2D eigenvalue weighted by atomic mass is 16.6. The van der Waals surface area contributed by atoms with Gasteiger partial charge in [-0.1, -0.05) is 0 Å². The summed E-state index contributed by atoms with van der Waals surface area (Å²) in [5, 5.41) is 24.6. The Hall–Kier alpha value is -0.940. The Kier molecular flexibility index (Phi) is 12.9. The number of allylic oxidation sites excluding steroid dienone is 1. The topological polar surface area (TPSA) is 83.6 Å². The second-order valence-electron chi connectivity index (χ2n) is 1.21. The molecule has 0 aliphatic carbocycles. The lowest BCUT2D eigenvalue weighted by molar-refractivity contribution is -0.402. The molecule has 0 rings (SSSR count). The number of rotatable bonds is 2. The van der Waals surface area contributed by atoms with Crippen molar-refractivity contribution in [3.8, 4) is 0 Å². The zero-order valence-electron chi connectivity index (χ0n) is 5.73. The molecule has 0 aromatic carbocycles. The molecule has 0 unspecified atom stereocenters. The molecule has 0 aromatic rings. The Bertz CT molecular complexity index is 99.8. The molecule has 0 saturated carbocycles. The summed E-state index contributed by atoms with van der Waals surface area (Å²) in [5.41, 5.74) is 0. The highest BCUT2D eigenvalue weighted by Gasteiger charge is 1.73. The normalized spacial score (nSPS) is 8.70. The van der Waals surface area contributed by atoms with E-state index < -0.39 is 4.92 Å². The molecule has 0 atom stereocenters. The van der Waals surface area contributed by atoms with E-state index in [1.807, 2.05) is 0 Å². The maximum atomic E-state index is 9.32. The summed E-state index contributed by atoms with van der Waals surface area (Å²) in [6.45, 7) is 1.35. The number of aliphatic hydroxyl groups excluding tert-OH is 2. The van der Waals surface area contributed by atoms with Crippen LogP contribution in [0.4, 0.5) is 0 Å². The molecular formula is C5H11NO4. The molecule has 0 radical (unpaired) electrons. The molecule has 10 heavy (non-hydrogen) atoms. The minimum absolute atomic E-state index is 0.125. The van der Waals surface area contributed by atoms with Crippen molar-refractivity contribution < 1.29 is 15.1 Å². The third kappa shape index (κ3) is 27.7. The Morgan fingerprint density at radius 2 is 1.90 bits per heavy atom. The predicted octanol–water partition coefficient (Wildman–Crippen LogP) is -0.232. The zero-order chi connectivity index (χ0) is 8.41. The van der Waals surface area contributed by atoms with Crippen LogP contribution in [0.5, 0.6) is 0 Å². The van der Waals surface area contributed by atoms with E-state index in [1.54, 1.807) is 6.92 Å². The Morgan fingerprint density at radius 3 is 1.90 bits per heavy atom. The summed E-state index contributed by atoms with van der Waals surface area (Å²) < 4.78 is 0. The quantitative estimate of drug-likeness (QED) is 0.419. The van der Waals surface area contributed by atoms with Crippen molar-refractivity contribution in [2.24, 2.45) is 0 Å². The van der Waals surface area contributed by atoms with Gasteiger partial charge in [-0.05, 0) is 13.0 Å². The summed E-state index contributed by atoms with van der Waals surface area (Å²) in [7, 11) is 0. The molecule has 0 spiro atoms. The fourth-order valence-electron chi connectivity index (χ4n) is 0.122. The van der Waals surface area contributed by atoms with Crippen molar-refractivity contribution in [2.75, 3.05) is 13.2 Å². The number of aliphatic hydroxyl groups is 2. The average molecular weight is 149 g/mol. The van der Waals surface area contributed by atoms with Gasteiger partial charge in [0.05, 0.1) is 18.1 Å². The van der Waals surface area contributed by atoms with E-state index in [9.17, 15) is 10.1 Å². The smallest absolute Gasteiger partial charge is 0.230 e. The highest BCUT2D eigenvalue weighted by Crippen LogP contribution is 1.67. The van der Waals surface area contributed by atoms with Gasteiger partial charge in [-0.3, -0.25) is 10.1 Å². The summed E-state index contributed by atoms with van der Waals surface area (Å²) in [6.07, 6.45) is 2.26. The minimum atomic E-state index is -0.500. The van der Waals surface area contributed by atoms with Crippen LogP contribution in [0.1, 0.15) is 6.92 Å². The Morgan fingerprint density at radius 1 is 1.50 bits per heavy atom. The van der Waals surface area contributed by atoms with Crippen LogP contribution in [-0.4, -0.2) is 28.4 Å². The van der Waals surface area contributed by atoms with Crippen molar-refractivity contribution in [1.82, 2.24) is 0 Å². The van der Waals surface area contributed by atoms with Crippen LogP contribution in [0.2, 0.25) is 0 Å². The molecule has 0 bridgehead atoms. The van der Waals surface area contributed by atoms with E-state index in [1.165, 1.54) is 6.08 Å². The van der Waals surface area contributed by atoms with Gasteiger partial charge in [-0.2, -0.15) is 0 Å². The molecule has 5 nitrogen and oxygen atoms in total.